The molecule has 6 nitrogen and oxygen atoms in total. The SMILES string of the molecule is CC(C)N1[OH+]N(c2[c-]c(Oc3[c-]c4c(cc3)c3ccccc3n4-c3cc(-c4c(-c5ccccc5)cccc4-c4ccccc4)ccn3)ccc2)c2ccccc21.[Pt]. The smallest absolute Gasteiger partial charge is 0.145 e. The van der Waals surface area contributed by atoms with Crippen LogP contribution in [-0.2, 0) is 21.1 Å². The van der Waals surface area contributed by atoms with Gasteiger partial charge in [0.05, 0.1) is 6.04 Å². The van der Waals surface area contributed by atoms with Crippen molar-refractivity contribution < 1.29 is 30.7 Å². The van der Waals surface area contributed by atoms with E-state index in [2.05, 4.69) is 164 Å². The van der Waals surface area contributed by atoms with Crippen molar-refractivity contribution in [3.63, 3.8) is 0 Å². The van der Waals surface area contributed by atoms with Crippen LogP contribution in [0.4, 0.5) is 17.1 Å². The summed E-state index contributed by atoms with van der Waals surface area (Å²) in [4.78, 5) is 9.91. The van der Waals surface area contributed by atoms with Gasteiger partial charge in [0, 0.05) is 50.0 Å². The van der Waals surface area contributed by atoms with E-state index >= 15 is 0 Å². The van der Waals surface area contributed by atoms with Crippen molar-refractivity contribution in [2.45, 2.75) is 19.9 Å². The summed E-state index contributed by atoms with van der Waals surface area (Å²) in [7, 11) is 0. The Balaban J connectivity index is 0.00000422. The van der Waals surface area contributed by atoms with Gasteiger partial charge in [0.2, 0.25) is 0 Å². The van der Waals surface area contributed by atoms with Gasteiger partial charge in [-0.2, -0.15) is 17.1 Å². The molecule has 7 heteroatoms. The number of pyridine rings is 1. The second-order valence-corrected chi connectivity index (χ2v) is 14.1. The van der Waals surface area contributed by atoms with Gasteiger partial charge < -0.3 is 9.30 Å². The number of para-hydroxylation sites is 3. The van der Waals surface area contributed by atoms with Crippen molar-refractivity contribution >= 4 is 38.9 Å². The van der Waals surface area contributed by atoms with E-state index in [1.54, 1.807) is 0 Å². The first kappa shape index (κ1) is 36.2. The van der Waals surface area contributed by atoms with Crippen LogP contribution in [0.5, 0.6) is 11.5 Å². The van der Waals surface area contributed by atoms with Crippen LogP contribution in [0.15, 0.2) is 176 Å². The third-order valence-corrected chi connectivity index (χ3v) is 10.3. The minimum absolute atomic E-state index is 0. The molecule has 7 aromatic carbocycles. The van der Waals surface area contributed by atoms with Crippen LogP contribution in [0.1, 0.15) is 13.8 Å². The Morgan fingerprint density at radius 2 is 1.23 bits per heavy atom. The summed E-state index contributed by atoms with van der Waals surface area (Å²) in [5, 5.41) is 6.13. The number of fused-ring (bicyclic) bond motifs is 4. The topological polar surface area (TPSA) is 46.3 Å². The molecule has 280 valence electrons. The molecule has 10 rings (SSSR count). The maximum Gasteiger partial charge on any atom is 0.145 e. The monoisotopic (exact) mass is 920 g/mol. The van der Waals surface area contributed by atoms with E-state index in [1.807, 2.05) is 52.7 Å². The number of hydrogen-bond acceptors (Lipinski definition) is 4. The fraction of sp³-hybridized carbons (Fsp3) is 0.0600. The standard InChI is InChI=1S/C50H36N4O2.Pt/c1-34(2)53-46-25-11-12-26-47(46)54(56-53)38-19-13-20-39(32-38)55-40-27-28-44-43-21-9-10-24-45(43)52(48(44)33-40)49-31-37(29-30-51-49)50-41(35-15-5-3-6-16-35)22-14-23-42(50)36-17-7-4-8-18-36;/h3-31,34H,1-2H3;/q-2;/p+1. The quantitative estimate of drug-likeness (QED) is 0.113. The normalized spacial score (nSPS) is 12.3. The van der Waals surface area contributed by atoms with Gasteiger partial charge in [-0.25, -0.2) is 4.98 Å². The van der Waals surface area contributed by atoms with Crippen molar-refractivity contribution in [1.29, 1.82) is 0 Å². The molecule has 1 aliphatic heterocycles. The fourth-order valence-electron chi connectivity index (χ4n) is 7.77. The number of rotatable bonds is 8. The molecule has 9 aromatic rings. The molecule has 1 N–H and O–H groups in total. The van der Waals surface area contributed by atoms with Crippen molar-refractivity contribution in [2.24, 2.45) is 0 Å². The predicted molar refractivity (Wildman–Crippen MR) is 227 cm³/mol. The van der Waals surface area contributed by atoms with E-state index in [9.17, 15) is 0 Å². The number of hydroxylamine groups is 1. The summed E-state index contributed by atoms with van der Waals surface area (Å²) in [6.45, 7) is 4.27. The first-order valence-electron chi connectivity index (χ1n) is 18.9. The molecule has 0 bridgehead atoms. The van der Waals surface area contributed by atoms with Gasteiger partial charge in [-0.05, 0) is 82.9 Å². The van der Waals surface area contributed by atoms with Gasteiger partial charge in [-0.3, -0.25) is 0 Å². The Hall–Kier alpha value is -6.46. The molecule has 0 fully saturated rings. The Morgan fingerprint density at radius 3 is 1.96 bits per heavy atom. The van der Waals surface area contributed by atoms with E-state index in [4.69, 9.17) is 14.7 Å². The summed E-state index contributed by atoms with van der Waals surface area (Å²) in [5.41, 5.74) is 11.6. The third-order valence-electron chi connectivity index (χ3n) is 10.3. The zero-order valence-electron chi connectivity index (χ0n) is 31.3. The van der Waals surface area contributed by atoms with Crippen LogP contribution in [0.2, 0.25) is 0 Å². The minimum Gasteiger partial charge on any atom is -0.509 e. The predicted octanol–water partition coefficient (Wildman–Crippen LogP) is 12.8. The van der Waals surface area contributed by atoms with Crippen molar-refractivity contribution in [2.75, 3.05) is 10.1 Å². The Kier molecular flexibility index (Phi) is 9.67. The molecule has 3 heterocycles. The van der Waals surface area contributed by atoms with Gasteiger partial charge in [-0.1, -0.05) is 115 Å². The van der Waals surface area contributed by atoms with E-state index in [1.165, 1.54) is 0 Å². The number of ether oxygens (including phenoxy) is 1. The van der Waals surface area contributed by atoms with Gasteiger partial charge in [0.25, 0.3) is 0 Å². The van der Waals surface area contributed by atoms with Crippen LogP contribution in [0.25, 0.3) is 61.0 Å². The van der Waals surface area contributed by atoms with Gasteiger partial charge in [0.15, 0.2) is 0 Å². The summed E-state index contributed by atoms with van der Waals surface area (Å²) in [6, 6.07) is 66.0. The molecule has 0 radical (unpaired) electrons. The maximum absolute atomic E-state index is 6.53. The largest absolute Gasteiger partial charge is 0.509 e. The molecule has 0 spiro atoms. The average molecular weight is 921 g/mol. The molecule has 0 atom stereocenters. The third kappa shape index (κ3) is 6.57. The van der Waals surface area contributed by atoms with E-state index in [0.29, 0.717) is 11.5 Å². The van der Waals surface area contributed by atoms with Crippen LogP contribution < -0.4 is 14.9 Å². The second kappa shape index (κ2) is 15.2. The molecule has 0 aliphatic carbocycles. The van der Waals surface area contributed by atoms with Crippen LogP contribution >= 0.6 is 0 Å². The molecule has 1 aliphatic rings. The number of hydrogen-bond donors (Lipinski definition) is 0. The van der Waals surface area contributed by atoms with Gasteiger partial charge >= 0.3 is 0 Å². The fourth-order valence-corrected chi connectivity index (χ4v) is 7.77. The Bertz CT molecular complexity index is 2820. The zero-order valence-corrected chi connectivity index (χ0v) is 33.6. The summed E-state index contributed by atoms with van der Waals surface area (Å²) >= 11 is 0. The Morgan fingerprint density at radius 1 is 0.579 bits per heavy atom. The molecule has 2 aromatic heterocycles. The van der Waals surface area contributed by atoms with E-state index in [-0.39, 0.29) is 27.1 Å². The number of anilines is 3. The molecule has 0 unspecified atom stereocenters. The first-order chi connectivity index (χ1) is 27.6. The summed E-state index contributed by atoms with van der Waals surface area (Å²) in [6.07, 6.45) is 1.91. The summed E-state index contributed by atoms with van der Waals surface area (Å²) in [5.74, 6) is 1.94. The van der Waals surface area contributed by atoms with Gasteiger partial charge in [-0.15, -0.1) is 45.8 Å². The van der Waals surface area contributed by atoms with Crippen LogP contribution in [-0.4, -0.2) is 20.5 Å². The molecular weight excluding hydrogens is 884 g/mol. The van der Waals surface area contributed by atoms with Crippen molar-refractivity contribution in [3.8, 4) is 50.7 Å². The number of aromatic nitrogens is 2. The first-order valence-corrected chi connectivity index (χ1v) is 18.9. The van der Waals surface area contributed by atoms with Crippen LogP contribution in [0, 0.1) is 12.1 Å². The van der Waals surface area contributed by atoms with E-state index in [0.717, 1.165) is 78.1 Å². The van der Waals surface area contributed by atoms with Crippen LogP contribution in [0.3, 0.4) is 0 Å². The van der Waals surface area contributed by atoms with E-state index < -0.39 is 0 Å². The number of benzene rings is 7. The van der Waals surface area contributed by atoms with Crippen molar-refractivity contribution in [3.05, 3.63) is 188 Å². The molecule has 57 heavy (non-hydrogen) atoms. The summed E-state index contributed by atoms with van der Waals surface area (Å²) < 4.78 is 8.72. The minimum atomic E-state index is 0. The molecule has 0 amide bonds. The number of nitrogens with zero attached hydrogens (tertiary/aromatic N) is 4. The zero-order chi connectivity index (χ0) is 37.6. The van der Waals surface area contributed by atoms with Crippen molar-refractivity contribution in [1.82, 2.24) is 9.55 Å². The Labute approximate surface area is 346 Å². The molecule has 0 saturated heterocycles. The molecular formula is C50H37N4O2Pt-. The maximum atomic E-state index is 6.53. The average Bonchev–Trinajstić information content (AvgIpc) is 3.81. The second-order valence-electron chi connectivity index (χ2n) is 14.1. The van der Waals surface area contributed by atoms with Gasteiger partial charge in [0.1, 0.15) is 17.2 Å². The molecule has 0 saturated carbocycles.